The van der Waals surface area contributed by atoms with Gasteiger partial charge >= 0.3 is 0 Å². The van der Waals surface area contributed by atoms with E-state index in [0.29, 0.717) is 16.9 Å². The van der Waals surface area contributed by atoms with Crippen LogP contribution in [0, 0.1) is 18.3 Å². The van der Waals surface area contributed by atoms with Crippen LogP contribution in [0.15, 0.2) is 61.5 Å². The summed E-state index contributed by atoms with van der Waals surface area (Å²) in [5, 5.41) is 16.7. The summed E-state index contributed by atoms with van der Waals surface area (Å²) < 4.78 is 25.7. The Morgan fingerprint density at radius 2 is 1.76 bits per heavy atom. The van der Waals surface area contributed by atoms with Gasteiger partial charge in [0.1, 0.15) is 6.07 Å². The molecule has 0 bridgehead atoms. The number of nitrogens with zero attached hydrogens (tertiary/aromatic N) is 3. The van der Waals surface area contributed by atoms with Gasteiger partial charge in [-0.15, -0.1) is 10.2 Å². The third-order valence-corrected chi connectivity index (χ3v) is 5.35. The van der Waals surface area contributed by atoms with Crippen molar-refractivity contribution in [3.05, 3.63) is 52.0 Å². The lowest BCUT2D eigenvalue weighted by Gasteiger charge is -2.09. The van der Waals surface area contributed by atoms with Gasteiger partial charge in [-0.2, -0.15) is 5.26 Å². The van der Waals surface area contributed by atoms with Gasteiger partial charge in [-0.3, -0.25) is 0 Å². The fourth-order valence-electron chi connectivity index (χ4n) is 2.38. The largest absolute Gasteiger partial charge is 0.218 e. The predicted molar refractivity (Wildman–Crippen MR) is 79.6 cm³/mol. The molecular weight excluding hydrogens is 286 g/mol. The zero-order valence-electron chi connectivity index (χ0n) is 11.5. The van der Waals surface area contributed by atoms with Crippen molar-refractivity contribution in [3.8, 4) is 6.07 Å². The SMILES string of the molecule is CC1=CC2=NN=C(C#N)C2=C1S(=O)(=O)c1ccc(C)cc1. The van der Waals surface area contributed by atoms with Crippen molar-refractivity contribution in [2.45, 2.75) is 18.7 Å². The summed E-state index contributed by atoms with van der Waals surface area (Å²) >= 11 is 0. The molecular formula is C15H11N3O2S. The highest BCUT2D eigenvalue weighted by molar-refractivity contribution is 7.95. The zero-order chi connectivity index (χ0) is 15.2. The van der Waals surface area contributed by atoms with E-state index in [1.54, 1.807) is 37.3 Å². The third-order valence-electron chi connectivity index (χ3n) is 3.40. The number of benzene rings is 1. The molecule has 21 heavy (non-hydrogen) atoms. The van der Waals surface area contributed by atoms with Crippen LogP contribution in [-0.2, 0) is 9.84 Å². The second-order valence-corrected chi connectivity index (χ2v) is 6.78. The van der Waals surface area contributed by atoms with Crippen LogP contribution in [0.25, 0.3) is 0 Å². The van der Waals surface area contributed by atoms with Crippen molar-refractivity contribution >= 4 is 21.3 Å². The van der Waals surface area contributed by atoms with Gasteiger partial charge in [0.25, 0.3) is 0 Å². The molecule has 1 aromatic rings. The van der Waals surface area contributed by atoms with Gasteiger partial charge in [0.2, 0.25) is 9.84 Å². The quantitative estimate of drug-likeness (QED) is 0.839. The molecule has 0 spiro atoms. The number of aryl methyl sites for hydroxylation is 1. The topological polar surface area (TPSA) is 82.7 Å². The molecule has 3 rings (SSSR count). The maximum absolute atomic E-state index is 12.8. The first kappa shape index (κ1) is 13.5. The van der Waals surface area contributed by atoms with Crippen LogP contribution >= 0.6 is 0 Å². The normalized spacial score (nSPS) is 17.1. The molecule has 0 fully saturated rings. The van der Waals surface area contributed by atoms with Gasteiger partial charge in [0, 0.05) is 0 Å². The number of nitriles is 1. The first-order valence-corrected chi connectivity index (χ1v) is 7.74. The highest BCUT2D eigenvalue weighted by Gasteiger charge is 2.36. The van der Waals surface area contributed by atoms with E-state index in [1.807, 2.05) is 13.0 Å². The van der Waals surface area contributed by atoms with Crippen molar-refractivity contribution in [3.63, 3.8) is 0 Å². The summed E-state index contributed by atoms with van der Waals surface area (Å²) in [4.78, 5) is 0.330. The Balaban J connectivity index is 2.23. The number of allylic oxidation sites excluding steroid dienone is 3. The Labute approximate surface area is 122 Å². The fourth-order valence-corrected chi connectivity index (χ4v) is 4.06. The minimum Gasteiger partial charge on any atom is -0.218 e. The smallest absolute Gasteiger partial charge is 0.207 e. The highest BCUT2D eigenvalue weighted by atomic mass is 32.2. The average molecular weight is 297 g/mol. The molecule has 0 unspecified atom stereocenters. The lowest BCUT2D eigenvalue weighted by atomic mass is 10.1. The Bertz CT molecular complexity index is 909. The van der Waals surface area contributed by atoms with E-state index in [-0.39, 0.29) is 15.5 Å². The van der Waals surface area contributed by atoms with Gasteiger partial charge in [0.05, 0.1) is 21.1 Å². The molecule has 0 amide bonds. The average Bonchev–Trinajstić information content (AvgIpc) is 2.96. The van der Waals surface area contributed by atoms with E-state index in [2.05, 4.69) is 10.2 Å². The van der Waals surface area contributed by atoms with Crippen LogP contribution in [0.1, 0.15) is 12.5 Å². The first-order valence-electron chi connectivity index (χ1n) is 6.26. The molecule has 1 aliphatic carbocycles. The monoisotopic (exact) mass is 297 g/mol. The van der Waals surface area contributed by atoms with Crippen LogP contribution in [0.5, 0.6) is 0 Å². The Morgan fingerprint density at radius 3 is 2.38 bits per heavy atom. The number of rotatable bonds is 2. The fraction of sp³-hybridized carbons (Fsp3) is 0.133. The summed E-state index contributed by atoms with van der Waals surface area (Å²) in [5.41, 5.74) is 2.36. The molecule has 1 aliphatic heterocycles. The summed E-state index contributed by atoms with van der Waals surface area (Å²) in [6, 6.07) is 8.52. The van der Waals surface area contributed by atoms with Crippen LogP contribution in [0.4, 0.5) is 0 Å². The van der Waals surface area contributed by atoms with Gasteiger partial charge in [-0.25, -0.2) is 8.42 Å². The van der Waals surface area contributed by atoms with Gasteiger partial charge < -0.3 is 0 Å². The van der Waals surface area contributed by atoms with Crippen LogP contribution in [0.3, 0.4) is 0 Å². The van der Waals surface area contributed by atoms with Crippen molar-refractivity contribution in [2.75, 3.05) is 0 Å². The van der Waals surface area contributed by atoms with Crippen LogP contribution in [0.2, 0.25) is 0 Å². The number of fused-ring (bicyclic) bond motifs is 1. The van der Waals surface area contributed by atoms with Crippen molar-refractivity contribution in [1.82, 2.24) is 0 Å². The van der Waals surface area contributed by atoms with Crippen molar-refractivity contribution in [1.29, 1.82) is 5.26 Å². The zero-order valence-corrected chi connectivity index (χ0v) is 12.3. The molecule has 1 aromatic carbocycles. The number of hydrogen-bond donors (Lipinski definition) is 0. The minimum absolute atomic E-state index is 0.0452. The van der Waals surface area contributed by atoms with Gasteiger partial charge in [-0.05, 0) is 37.6 Å². The molecule has 104 valence electrons. The highest BCUT2D eigenvalue weighted by Crippen LogP contribution is 2.35. The molecule has 0 N–H and O–H groups in total. The first-order chi connectivity index (χ1) is 9.95. The maximum atomic E-state index is 12.8. The molecule has 0 saturated heterocycles. The van der Waals surface area contributed by atoms with Crippen LogP contribution < -0.4 is 0 Å². The lowest BCUT2D eigenvalue weighted by Crippen LogP contribution is -2.11. The molecule has 5 nitrogen and oxygen atoms in total. The molecule has 0 radical (unpaired) electrons. The predicted octanol–water partition coefficient (Wildman–Crippen LogP) is 2.32. The third kappa shape index (κ3) is 1.94. The number of sulfone groups is 1. The maximum Gasteiger partial charge on any atom is 0.207 e. The van der Waals surface area contributed by atoms with Crippen LogP contribution in [-0.4, -0.2) is 19.8 Å². The molecule has 0 aromatic heterocycles. The second-order valence-electron chi connectivity index (χ2n) is 4.89. The van der Waals surface area contributed by atoms with E-state index in [1.165, 1.54) is 0 Å². The Kier molecular flexibility index (Phi) is 2.88. The van der Waals surface area contributed by atoms with Gasteiger partial charge in [-0.1, -0.05) is 17.7 Å². The lowest BCUT2D eigenvalue weighted by molar-refractivity contribution is 0.602. The standard InChI is InChI=1S/C15H11N3O2S/c1-9-3-5-11(6-4-9)21(19,20)15-10(2)7-12-14(15)13(8-16)18-17-12/h3-7H,1-2H3. The van der Waals surface area contributed by atoms with E-state index in [0.717, 1.165) is 5.56 Å². The molecule has 0 saturated carbocycles. The summed E-state index contributed by atoms with van der Waals surface area (Å²) in [6.07, 6.45) is 1.64. The van der Waals surface area contributed by atoms with Crippen molar-refractivity contribution < 1.29 is 8.42 Å². The summed E-state index contributed by atoms with van der Waals surface area (Å²) in [6.45, 7) is 3.59. The molecule has 1 heterocycles. The molecule has 2 aliphatic rings. The number of hydrogen-bond acceptors (Lipinski definition) is 5. The van der Waals surface area contributed by atoms with E-state index >= 15 is 0 Å². The summed E-state index contributed by atoms with van der Waals surface area (Å²) in [5.74, 6) is 0. The molecule has 0 atom stereocenters. The van der Waals surface area contributed by atoms with Crippen molar-refractivity contribution in [2.24, 2.45) is 10.2 Å². The Morgan fingerprint density at radius 1 is 1.10 bits per heavy atom. The molecule has 6 heteroatoms. The summed E-state index contributed by atoms with van der Waals surface area (Å²) in [7, 11) is -3.70. The second kappa shape index (κ2) is 4.50. The minimum atomic E-state index is -3.70. The van der Waals surface area contributed by atoms with E-state index < -0.39 is 9.84 Å². The van der Waals surface area contributed by atoms with Gasteiger partial charge in [0.15, 0.2) is 5.71 Å². The van der Waals surface area contributed by atoms with E-state index in [9.17, 15) is 8.42 Å². The Hall–Kier alpha value is -2.52. The van der Waals surface area contributed by atoms with E-state index in [4.69, 9.17) is 5.26 Å².